The summed E-state index contributed by atoms with van der Waals surface area (Å²) in [7, 11) is 0. The number of hydrogen-bond donors (Lipinski definition) is 0. The van der Waals surface area contributed by atoms with Gasteiger partial charge >= 0.3 is 17.6 Å². The number of carbonyl (C=O) groups is 2. The normalized spacial score (nSPS) is 10.1. The molecule has 0 atom stereocenters. The number of ether oxygens (including phenoxy) is 2. The van der Waals surface area contributed by atoms with Crippen molar-refractivity contribution in [3.8, 4) is 0 Å². The van der Waals surface area contributed by atoms with E-state index in [1.807, 2.05) is 0 Å². The maximum Gasteiger partial charge on any atom is 0.341 e. The van der Waals surface area contributed by atoms with Gasteiger partial charge in [0.05, 0.1) is 18.8 Å². The van der Waals surface area contributed by atoms with Gasteiger partial charge in [0, 0.05) is 5.56 Å². The zero-order chi connectivity index (χ0) is 14.4. The Labute approximate surface area is 110 Å². The SMILES string of the molecule is CCOC(=O)Cc1oc(=O)c(C)cc1C(=O)OCC. The van der Waals surface area contributed by atoms with Gasteiger partial charge in [-0.1, -0.05) is 0 Å². The largest absolute Gasteiger partial charge is 0.466 e. The Balaban J connectivity index is 3.13. The average molecular weight is 268 g/mol. The molecule has 0 fully saturated rings. The van der Waals surface area contributed by atoms with E-state index < -0.39 is 17.6 Å². The van der Waals surface area contributed by atoms with Gasteiger partial charge in [-0.15, -0.1) is 0 Å². The Kier molecular flexibility index (Phi) is 5.29. The van der Waals surface area contributed by atoms with Crippen molar-refractivity contribution in [2.75, 3.05) is 13.2 Å². The van der Waals surface area contributed by atoms with E-state index in [4.69, 9.17) is 13.9 Å². The van der Waals surface area contributed by atoms with E-state index in [9.17, 15) is 14.4 Å². The summed E-state index contributed by atoms with van der Waals surface area (Å²) in [5, 5.41) is 0. The van der Waals surface area contributed by atoms with Gasteiger partial charge < -0.3 is 13.9 Å². The van der Waals surface area contributed by atoms with Crippen LogP contribution in [-0.2, 0) is 20.7 Å². The van der Waals surface area contributed by atoms with E-state index >= 15 is 0 Å². The fraction of sp³-hybridized carbons (Fsp3) is 0.462. The summed E-state index contributed by atoms with van der Waals surface area (Å²) in [6, 6.07) is 1.36. The molecule has 0 aliphatic heterocycles. The van der Waals surface area contributed by atoms with Gasteiger partial charge in [0.15, 0.2) is 0 Å². The van der Waals surface area contributed by atoms with Crippen LogP contribution in [0.4, 0.5) is 0 Å². The first-order valence-corrected chi connectivity index (χ1v) is 5.95. The van der Waals surface area contributed by atoms with E-state index in [0.717, 1.165) is 0 Å². The van der Waals surface area contributed by atoms with Crippen molar-refractivity contribution < 1.29 is 23.5 Å². The zero-order valence-electron chi connectivity index (χ0n) is 11.1. The summed E-state index contributed by atoms with van der Waals surface area (Å²) < 4.78 is 14.6. The Bertz CT molecular complexity index is 528. The number of hydrogen-bond acceptors (Lipinski definition) is 6. The standard InChI is InChI=1S/C13H16O6/c1-4-17-11(14)7-10-9(13(16)18-5-2)6-8(3)12(15)19-10/h6H,4-5,7H2,1-3H3. The van der Waals surface area contributed by atoms with Crippen LogP contribution in [0.25, 0.3) is 0 Å². The summed E-state index contributed by atoms with van der Waals surface area (Å²) in [6.45, 7) is 5.24. The van der Waals surface area contributed by atoms with Crippen LogP contribution in [0.5, 0.6) is 0 Å². The first kappa shape index (κ1) is 14.9. The Hall–Kier alpha value is -2.11. The van der Waals surface area contributed by atoms with Gasteiger partial charge in [-0.25, -0.2) is 9.59 Å². The molecule has 0 aromatic carbocycles. The fourth-order valence-corrected chi connectivity index (χ4v) is 1.46. The van der Waals surface area contributed by atoms with Gasteiger partial charge in [0.2, 0.25) is 0 Å². The third-order valence-corrected chi connectivity index (χ3v) is 2.30. The molecule has 0 aliphatic carbocycles. The van der Waals surface area contributed by atoms with Crippen LogP contribution >= 0.6 is 0 Å². The minimum Gasteiger partial charge on any atom is -0.466 e. The summed E-state index contributed by atoms with van der Waals surface area (Å²) >= 11 is 0. The maximum absolute atomic E-state index is 11.7. The third kappa shape index (κ3) is 3.94. The first-order chi connectivity index (χ1) is 8.99. The van der Waals surface area contributed by atoms with Gasteiger partial charge in [-0.05, 0) is 26.8 Å². The van der Waals surface area contributed by atoms with Crippen LogP contribution in [0.2, 0.25) is 0 Å². The van der Waals surface area contributed by atoms with Crippen molar-refractivity contribution in [1.29, 1.82) is 0 Å². The molecule has 0 saturated carbocycles. The monoisotopic (exact) mass is 268 g/mol. The smallest absolute Gasteiger partial charge is 0.341 e. The maximum atomic E-state index is 11.7. The van der Waals surface area contributed by atoms with Crippen molar-refractivity contribution in [3.05, 3.63) is 33.4 Å². The lowest BCUT2D eigenvalue weighted by molar-refractivity contribution is -0.142. The highest BCUT2D eigenvalue weighted by molar-refractivity contribution is 5.91. The molecule has 0 saturated heterocycles. The predicted molar refractivity (Wildman–Crippen MR) is 66.0 cm³/mol. The molecule has 0 amide bonds. The highest BCUT2D eigenvalue weighted by Gasteiger charge is 2.20. The first-order valence-electron chi connectivity index (χ1n) is 5.95. The second kappa shape index (κ2) is 6.72. The van der Waals surface area contributed by atoms with Crippen molar-refractivity contribution in [2.45, 2.75) is 27.2 Å². The van der Waals surface area contributed by atoms with Crippen LogP contribution in [0.15, 0.2) is 15.3 Å². The number of esters is 2. The Morgan fingerprint density at radius 3 is 2.42 bits per heavy atom. The molecule has 1 aromatic heterocycles. The molecule has 1 rings (SSSR count). The molecule has 6 heteroatoms. The summed E-state index contributed by atoms with van der Waals surface area (Å²) in [4.78, 5) is 34.6. The van der Waals surface area contributed by atoms with Crippen LogP contribution in [0.1, 0.15) is 35.5 Å². The van der Waals surface area contributed by atoms with Crippen molar-refractivity contribution in [3.63, 3.8) is 0 Å². The van der Waals surface area contributed by atoms with Gasteiger partial charge in [0.25, 0.3) is 0 Å². The topological polar surface area (TPSA) is 82.8 Å². The predicted octanol–water partition coefficient (Wildman–Crippen LogP) is 1.23. The fourth-order valence-electron chi connectivity index (χ4n) is 1.46. The molecule has 0 unspecified atom stereocenters. The second-order valence-electron chi connectivity index (χ2n) is 3.76. The molecule has 0 bridgehead atoms. The van der Waals surface area contributed by atoms with Crippen LogP contribution < -0.4 is 5.63 Å². The molecule has 0 aliphatic rings. The summed E-state index contributed by atoms with van der Waals surface area (Å²) in [5.41, 5.74) is -0.241. The van der Waals surface area contributed by atoms with E-state index in [1.165, 1.54) is 13.0 Å². The van der Waals surface area contributed by atoms with Gasteiger partial charge in [-0.3, -0.25) is 4.79 Å². The lowest BCUT2D eigenvalue weighted by Gasteiger charge is -2.07. The van der Waals surface area contributed by atoms with Crippen LogP contribution in [0, 0.1) is 6.92 Å². The highest BCUT2D eigenvalue weighted by Crippen LogP contribution is 2.12. The second-order valence-corrected chi connectivity index (χ2v) is 3.76. The summed E-state index contributed by atoms with van der Waals surface area (Å²) in [5.74, 6) is -1.23. The Morgan fingerprint density at radius 1 is 1.21 bits per heavy atom. The molecular weight excluding hydrogens is 252 g/mol. The zero-order valence-corrected chi connectivity index (χ0v) is 11.1. The third-order valence-electron chi connectivity index (χ3n) is 2.30. The highest BCUT2D eigenvalue weighted by atomic mass is 16.5. The minimum atomic E-state index is -0.631. The van der Waals surface area contributed by atoms with E-state index in [2.05, 4.69) is 0 Å². The van der Waals surface area contributed by atoms with Crippen LogP contribution in [0.3, 0.4) is 0 Å². The molecule has 1 heterocycles. The minimum absolute atomic E-state index is 0.0347. The number of carbonyl (C=O) groups excluding carboxylic acids is 2. The Morgan fingerprint density at radius 2 is 1.84 bits per heavy atom. The molecule has 0 N–H and O–H groups in total. The van der Waals surface area contributed by atoms with Gasteiger partial charge in [-0.2, -0.15) is 0 Å². The van der Waals surface area contributed by atoms with Gasteiger partial charge in [0.1, 0.15) is 12.2 Å². The molecular formula is C13H16O6. The molecule has 0 spiro atoms. The lowest BCUT2D eigenvalue weighted by atomic mass is 10.1. The van der Waals surface area contributed by atoms with Crippen molar-refractivity contribution >= 4 is 11.9 Å². The van der Waals surface area contributed by atoms with E-state index in [-0.39, 0.29) is 36.5 Å². The average Bonchev–Trinajstić information content (AvgIpc) is 2.34. The lowest BCUT2D eigenvalue weighted by Crippen LogP contribution is -2.17. The number of rotatable bonds is 5. The van der Waals surface area contributed by atoms with Crippen molar-refractivity contribution in [2.24, 2.45) is 0 Å². The quantitative estimate of drug-likeness (QED) is 0.747. The summed E-state index contributed by atoms with van der Waals surface area (Å²) in [6.07, 6.45) is -0.280. The van der Waals surface area contributed by atoms with Crippen molar-refractivity contribution in [1.82, 2.24) is 0 Å². The van der Waals surface area contributed by atoms with E-state index in [1.54, 1.807) is 13.8 Å². The molecule has 1 aromatic rings. The molecule has 19 heavy (non-hydrogen) atoms. The van der Waals surface area contributed by atoms with E-state index in [0.29, 0.717) is 0 Å². The molecule has 104 valence electrons. The molecule has 6 nitrogen and oxygen atoms in total. The van der Waals surface area contributed by atoms with Crippen LogP contribution in [-0.4, -0.2) is 25.2 Å². The number of aryl methyl sites for hydroxylation is 1. The molecule has 0 radical (unpaired) electrons.